The zero-order chi connectivity index (χ0) is 11.5. The van der Waals surface area contributed by atoms with E-state index in [1.54, 1.807) is 0 Å². The Kier molecular flexibility index (Phi) is 3.32. The summed E-state index contributed by atoms with van der Waals surface area (Å²) < 4.78 is 0. The Morgan fingerprint density at radius 1 is 1.50 bits per heavy atom. The lowest BCUT2D eigenvalue weighted by molar-refractivity contribution is 0.423. The summed E-state index contributed by atoms with van der Waals surface area (Å²) >= 11 is 0. The first-order valence-electron chi connectivity index (χ1n) is 6.09. The van der Waals surface area contributed by atoms with E-state index in [-0.39, 0.29) is 0 Å². The van der Waals surface area contributed by atoms with Gasteiger partial charge in [0.05, 0.1) is 0 Å². The molecule has 88 valence electrons. The molecule has 2 heterocycles. The molecule has 0 amide bonds. The van der Waals surface area contributed by atoms with Gasteiger partial charge in [0.25, 0.3) is 0 Å². The van der Waals surface area contributed by atoms with Crippen molar-refractivity contribution in [2.45, 2.75) is 20.3 Å². The molecule has 1 saturated heterocycles. The number of anilines is 2. The van der Waals surface area contributed by atoms with Gasteiger partial charge < -0.3 is 10.2 Å². The van der Waals surface area contributed by atoms with Crippen LogP contribution in [0.4, 0.5) is 11.5 Å². The zero-order valence-electron chi connectivity index (χ0n) is 10.4. The number of hydrogen-bond acceptors (Lipinski definition) is 3. The van der Waals surface area contributed by atoms with Crippen LogP contribution in [0, 0.1) is 11.8 Å². The third-order valence-corrected chi connectivity index (χ3v) is 3.53. The largest absolute Gasteiger partial charge is 0.373 e. The average Bonchev–Trinajstić information content (AvgIpc) is 2.78. The van der Waals surface area contributed by atoms with Crippen molar-refractivity contribution in [2.75, 3.05) is 30.4 Å². The molecule has 0 aromatic carbocycles. The first-order chi connectivity index (χ1) is 7.70. The Labute approximate surface area is 97.9 Å². The van der Waals surface area contributed by atoms with Gasteiger partial charge in [-0.3, -0.25) is 0 Å². The highest BCUT2D eigenvalue weighted by atomic mass is 15.2. The molecule has 16 heavy (non-hydrogen) atoms. The van der Waals surface area contributed by atoms with Crippen LogP contribution in [-0.2, 0) is 0 Å². The van der Waals surface area contributed by atoms with Crippen LogP contribution in [-0.4, -0.2) is 25.1 Å². The first kappa shape index (κ1) is 11.2. The van der Waals surface area contributed by atoms with Gasteiger partial charge in [-0.15, -0.1) is 0 Å². The van der Waals surface area contributed by atoms with Gasteiger partial charge in [-0.1, -0.05) is 13.8 Å². The second kappa shape index (κ2) is 4.73. The molecule has 1 aliphatic heterocycles. The molecule has 3 heteroatoms. The molecule has 0 aliphatic carbocycles. The van der Waals surface area contributed by atoms with Crippen molar-refractivity contribution in [3.05, 3.63) is 18.3 Å². The van der Waals surface area contributed by atoms with Crippen molar-refractivity contribution >= 4 is 11.5 Å². The fourth-order valence-electron chi connectivity index (χ4n) is 2.32. The topological polar surface area (TPSA) is 28.2 Å². The third kappa shape index (κ3) is 2.29. The van der Waals surface area contributed by atoms with Crippen LogP contribution in [0.3, 0.4) is 0 Å². The van der Waals surface area contributed by atoms with E-state index in [0.717, 1.165) is 17.7 Å². The van der Waals surface area contributed by atoms with Crippen LogP contribution in [0.2, 0.25) is 0 Å². The maximum absolute atomic E-state index is 4.25. The highest BCUT2D eigenvalue weighted by Crippen LogP contribution is 2.28. The molecule has 1 N–H and O–H groups in total. The van der Waals surface area contributed by atoms with E-state index in [1.807, 2.05) is 13.2 Å². The first-order valence-corrected chi connectivity index (χ1v) is 6.09. The van der Waals surface area contributed by atoms with Crippen molar-refractivity contribution in [1.29, 1.82) is 0 Å². The summed E-state index contributed by atoms with van der Waals surface area (Å²) in [7, 11) is 1.91. The van der Waals surface area contributed by atoms with E-state index < -0.39 is 0 Å². The van der Waals surface area contributed by atoms with Crippen molar-refractivity contribution in [1.82, 2.24) is 4.98 Å². The summed E-state index contributed by atoms with van der Waals surface area (Å²) in [5.41, 5.74) is 1.29. The van der Waals surface area contributed by atoms with Crippen LogP contribution in [0.15, 0.2) is 18.3 Å². The summed E-state index contributed by atoms with van der Waals surface area (Å²) in [6.45, 7) is 7.00. The van der Waals surface area contributed by atoms with E-state index in [0.29, 0.717) is 0 Å². The van der Waals surface area contributed by atoms with Gasteiger partial charge in [-0.25, -0.2) is 4.98 Å². The number of hydrogen-bond donors (Lipinski definition) is 1. The minimum Gasteiger partial charge on any atom is -0.373 e. The molecule has 2 rings (SSSR count). The zero-order valence-corrected chi connectivity index (χ0v) is 10.4. The molecule has 1 unspecified atom stereocenters. The molecule has 1 aromatic rings. The Morgan fingerprint density at radius 3 is 2.94 bits per heavy atom. The lowest BCUT2D eigenvalue weighted by Gasteiger charge is -2.20. The van der Waals surface area contributed by atoms with E-state index in [2.05, 4.69) is 41.2 Å². The number of rotatable bonds is 3. The maximum Gasteiger partial charge on any atom is 0.127 e. The predicted molar refractivity (Wildman–Crippen MR) is 68.9 cm³/mol. The highest BCUT2D eigenvalue weighted by molar-refractivity contribution is 5.54. The Bertz CT molecular complexity index is 349. The van der Waals surface area contributed by atoms with Crippen molar-refractivity contribution in [3.8, 4) is 0 Å². The van der Waals surface area contributed by atoms with Crippen molar-refractivity contribution in [2.24, 2.45) is 11.8 Å². The van der Waals surface area contributed by atoms with Crippen LogP contribution in [0.5, 0.6) is 0 Å². The fraction of sp³-hybridized carbons (Fsp3) is 0.615. The molecule has 1 aliphatic rings. The Hall–Kier alpha value is -1.25. The predicted octanol–water partition coefficient (Wildman–Crippen LogP) is 2.61. The summed E-state index contributed by atoms with van der Waals surface area (Å²) in [6, 6.07) is 4.23. The van der Waals surface area contributed by atoms with Gasteiger partial charge in [-0.2, -0.15) is 0 Å². The summed E-state index contributed by atoms with van der Waals surface area (Å²) in [6.07, 6.45) is 3.19. The SMILES string of the molecule is CNc1cc(N2CCC(C(C)C)C2)ccn1. The molecule has 0 radical (unpaired) electrons. The van der Waals surface area contributed by atoms with Crippen molar-refractivity contribution < 1.29 is 0 Å². The van der Waals surface area contributed by atoms with Gasteiger partial charge in [-0.05, 0) is 24.3 Å². The number of nitrogens with zero attached hydrogens (tertiary/aromatic N) is 2. The van der Waals surface area contributed by atoms with Crippen LogP contribution >= 0.6 is 0 Å². The van der Waals surface area contributed by atoms with Crippen LogP contribution in [0.25, 0.3) is 0 Å². The maximum atomic E-state index is 4.25. The lowest BCUT2D eigenvalue weighted by atomic mass is 9.95. The molecule has 0 bridgehead atoms. The van der Waals surface area contributed by atoms with Gasteiger partial charge in [0.1, 0.15) is 5.82 Å². The van der Waals surface area contributed by atoms with Crippen LogP contribution in [0.1, 0.15) is 20.3 Å². The summed E-state index contributed by atoms with van der Waals surface area (Å²) in [5.74, 6) is 2.58. The van der Waals surface area contributed by atoms with E-state index >= 15 is 0 Å². The molecular weight excluding hydrogens is 198 g/mol. The van der Waals surface area contributed by atoms with Gasteiger partial charge in [0, 0.05) is 38.1 Å². The average molecular weight is 219 g/mol. The smallest absolute Gasteiger partial charge is 0.127 e. The number of nitrogens with one attached hydrogen (secondary N) is 1. The van der Waals surface area contributed by atoms with E-state index in [4.69, 9.17) is 0 Å². The van der Waals surface area contributed by atoms with Gasteiger partial charge in [0.15, 0.2) is 0 Å². The highest BCUT2D eigenvalue weighted by Gasteiger charge is 2.24. The molecule has 1 aromatic heterocycles. The van der Waals surface area contributed by atoms with Gasteiger partial charge in [0.2, 0.25) is 0 Å². The molecule has 1 fully saturated rings. The molecular formula is C13H21N3. The van der Waals surface area contributed by atoms with Crippen molar-refractivity contribution in [3.63, 3.8) is 0 Å². The summed E-state index contributed by atoms with van der Waals surface area (Å²) in [4.78, 5) is 6.71. The number of pyridine rings is 1. The van der Waals surface area contributed by atoms with E-state index in [1.165, 1.54) is 25.2 Å². The van der Waals surface area contributed by atoms with Crippen LogP contribution < -0.4 is 10.2 Å². The lowest BCUT2D eigenvalue weighted by Crippen LogP contribution is -2.21. The molecule has 0 saturated carbocycles. The minimum atomic E-state index is 0.788. The van der Waals surface area contributed by atoms with E-state index in [9.17, 15) is 0 Å². The number of aromatic nitrogens is 1. The molecule has 1 atom stereocenters. The fourth-order valence-corrected chi connectivity index (χ4v) is 2.32. The summed E-state index contributed by atoms with van der Waals surface area (Å²) in [5, 5.41) is 3.09. The monoisotopic (exact) mass is 219 g/mol. The standard InChI is InChI=1S/C13H21N3/c1-10(2)11-5-7-16(9-11)12-4-6-15-13(8-12)14-3/h4,6,8,10-11H,5,7,9H2,1-3H3,(H,14,15). The normalized spacial score (nSPS) is 20.5. The Balaban J connectivity index is 2.08. The molecule has 0 spiro atoms. The minimum absolute atomic E-state index is 0.788. The third-order valence-electron chi connectivity index (χ3n) is 3.53. The second-order valence-corrected chi connectivity index (χ2v) is 4.89. The quantitative estimate of drug-likeness (QED) is 0.847. The second-order valence-electron chi connectivity index (χ2n) is 4.89. The molecule has 3 nitrogen and oxygen atoms in total. The van der Waals surface area contributed by atoms with Gasteiger partial charge >= 0.3 is 0 Å². The Morgan fingerprint density at radius 2 is 2.31 bits per heavy atom.